The minimum absolute atomic E-state index is 0.0399. The Morgan fingerprint density at radius 2 is 1.85 bits per heavy atom. The van der Waals surface area contributed by atoms with Crippen molar-refractivity contribution in [3.05, 3.63) is 59.7 Å². The van der Waals surface area contributed by atoms with Crippen molar-refractivity contribution < 1.29 is 8.78 Å². The maximum absolute atomic E-state index is 12.7. The van der Waals surface area contributed by atoms with Crippen molar-refractivity contribution in [2.24, 2.45) is 0 Å². The van der Waals surface area contributed by atoms with E-state index in [4.69, 9.17) is 5.73 Å². The topological polar surface area (TPSA) is 43.8 Å². The number of hydrogen-bond donors (Lipinski definition) is 1. The van der Waals surface area contributed by atoms with Gasteiger partial charge in [0.15, 0.2) is 0 Å². The van der Waals surface area contributed by atoms with E-state index in [2.05, 4.69) is 4.98 Å². The van der Waals surface area contributed by atoms with Crippen LogP contribution in [0.4, 0.5) is 14.7 Å². The predicted molar refractivity (Wildman–Crippen MR) is 74.6 cm³/mol. The maximum atomic E-state index is 12.7. The molecule has 5 heteroatoms. The van der Waals surface area contributed by atoms with Crippen molar-refractivity contribution in [2.45, 2.75) is 13.0 Å². The molecule has 2 N–H and O–H groups in total. The van der Waals surface area contributed by atoms with Crippen LogP contribution in [-0.2, 0) is 6.54 Å². The van der Waals surface area contributed by atoms with Gasteiger partial charge in [0.2, 0.25) is 5.95 Å². The second kappa shape index (κ2) is 4.92. The third kappa shape index (κ3) is 2.22. The van der Waals surface area contributed by atoms with Gasteiger partial charge in [-0.05, 0) is 17.7 Å². The Morgan fingerprint density at radius 1 is 1.10 bits per heavy atom. The van der Waals surface area contributed by atoms with Crippen LogP contribution in [0.1, 0.15) is 17.6 Å². The molecule has 20 heavy (non-hydrogen) atoms. The first-order chi connectivity index (χ1) is 9.65. The van der Waals surface area contributed by atoms with Gasteiger partial charge in [-0.1, -0.05) is 36.4 Å². The molecule has 102 valence electrons. The summed E-state index contributed by atoms with van der Waals surface area (Å²) < 4.78 is 27.2. The Balaban J connectivity index is 2.05. The molecule has 0 atom stereocenters. The van der Waals surface area contributed by atoms with E-state index >= 15 is 0 Å². The van der Waals surface area contributed by atoms with Crippen molar-refractivity contribution in [1.29, 1.82) is 0 Å². The number of rotatable bonds is 3. The summed E-state index contributed by atoms with van der Waals surface area (Å²) in [6, 6.07) is 14.2. The van der Waals surface area contributed by atoms with Crippen molar-refractivity contribution in [2.75, 3.05) is 5.73 Å². The number of anilines is 1. The number of nitrogens with two attached hydrogens (primary N) is 1. The van der Waals surface area contributed by atoms with E-state index in [9.17, 15) is 8.78 Å². The number of nitrogens with zero attached hydrogens (tertiary/aromatic N) is 2. The van der Waals surface area contributed by atoms with E-state index in [0.717, 1.165) is 11.1 Å². The molecule has 0 aliphatic carbocycles. The predicted octanol–water partition coefficient (Wildman–Crippen LogP) is 3.60. The molecule has 0 unspecified atom stereocenters. The molecule has 0 aliphatic rings. The first-order valence-corrected chi connectivity index (χ1v) is 6.23. The summed E-state index contributed by atoms with van der Waals surface area (Å²) in [5, 5.41) is 0. The van der Waals surface area contributed by atoms with Crippen LogP contribution in [0.5, 0.6) is 0 Å². The standard InChI is InChI=1S/C15H13F2N3/c16-14(17)11-6-7-13-12(8-11)19-15(18)20(13)9-10-4-2-1-3-5-10/h1-8,14H,9H2,(H2,18,19). The molecule has 3 aromatic rings. The van der Waals surface area contributed by atoms with Crippen molar-refractivity contribution in [3.63, 3.8) is 0 Å². The summed E-state index contributed by atoms with van der Waals surface area (Å²) in [7, 11) is 0. The lowest BCUT2D eigenvalue weighted by atomic mass is 10.2. The molecule has 1 aromatic heterocycles. The molecule has 0 bridgehead atoms. The SMILES string of the molecule is Nc1nc2cc(C(F)F)ccc2n1Cc1ccccc1. The summed E-state index contributed by atoms with van der Waals surface area (Å²) in [6.45, 7) is 0.567. The minimum atomic E-state index is -2.50. The highest BCUT2D eigenvalue weighted by atomic mass is 19.3. The highest BCUT2D eigenvalue weighted by Crippen LogP contribution is 2.25. The van der Waals surface area contributed by atoms with Gasteiger partial charge in [0.05, 0.1) is 17.6 Å². The number of aromatic nitrogens is 2. The number of fused-ring (bicyclic) bond motifs is 1. The lowest BCUT2D eigenvalue weighted by Gasteiger charge is -2.07. The Morgan fingerprint density at radius 3 is 2.55 bits per heavy atom. The van der Waals surface area contributed by atoms with Gasteiger partial charge in [-0.2, -0.15) is 0 Å². The Hall–Kier alpha value is -2.43. The fourth-order valence-corrected chi connectivity index (χ4v) is 2.23. The van der Waals surface area contributed by atoms with Crippen molar-refractivity contribution in [3.8, 4) is 0 Å². The molecule has 1 heterocycles. The molecule has 0 spiro atoms. The molecule has 0 aliphatic heterocycles. The van der Waals surface area contributed by atoms with Crippen LogP contribution in [0.25, 0.3) is 11.0 Å². The Labute approximate surface area is 114 Å². The molecule has 3 rings (SSSR count). The van der Waals surface area contributed by atoms with Gasteiger partial charge in [0, 0.05) is 5.56 Å². The van der Waals surface area contributed by atoms with E-state index in [1.165, 1.54) is 12.1 Å². The van der Waals surface area contributed by atoms with Crippen LogP contribution in [-0.4, -0.2) is 9.55 Å². The zero-order valence-electron chi connectivity index (χ0n) is 10.6. The maximum Gasteiger partial charge on any atom is 0.263 e. The van der Waals surface area contributed by atoms with Gasteiger partial charge in [-0.25, -0.2) is 13.8 Å². The number of alkyl halides is 2. The lowest BCUT2D eigenvalue weighted by molar-refractivity contribution is 0.151. The summed E-state index contributed by atoms with van der Waals surface area (Å²) in [4.78, 5) is 4.16. The van der Waals surface area contributed by atoms with Gasteiger partial charge in [0.25, 0.3) is 6.43 Å². The summed E-state index contributed by atoms with van der Waals surface area (Å²) in [5.41, 5.74) is 8.19. The van der Waals surface area contributed by atoms with E-state index in [1.54, 1.807) is 6.07 Å². The normalized spacial score (nSPS) is 11.3. The van der Waals surface area contributed by atoms with Gasteiger partial charge < -0.3 is 10.3 Å². The lowest BCUT2D eigenvalue weighted by Crippen LogP contribution is -2.04. The molecule has 0 amide bonds. The third-order valence-electron chi connectivity index (χ3n) is 3.24. The fourth-order valence-electron chi connectivity index (χ4n) is 2.23. The summed E-state index contributed by atoms with van der Waals surface area (Å²) in [6.07, 6.45) is -2.50. The van der Waals surface area contributed by atoms with Crippen LogP contribution >= 0.6 is 0 Å². The zero-order valence-corrected chi connectivity index (χ0v) is 10.6. The zero-order chi connectivity index (χ0) is 14.1. The highest BCUT2D eigenvalue weighted by molar-refractivity contribution is 5.79. The van der Waals surface area contributed by atoms with Crippen LogP contribution in [0.2, 0.25) is 0 Å². The molecule has 0 radical (unpaired) electrons. The monoisotopic (exact) mass is 273 g/mol. The van der Waals surface area contributed by atoms with Gasteiger partial charge in [-0.3, -0.25) is 0 Å². The number of hydrogen-bond acceptors (Lipinski definition) is 2. The Kier molecular flexibility index (Phi) is 3.10. The second-order valence-electron chi connectivity index (χ2n) is 4.59. The molecule has 0 saturated carbocycles. The number of benzene rings is 2. The third-order valence-corrected chi connectivity index (χ3v) is 3.24. The highest BCUT2D eigenvalue weighted by Gasteiger charge is 2.12. The summed E-state index contributed by atoms with van der Waals surface area (Å²) >= 11 is 0. The first kappa shape index (κ1) is 12.6. The molecular formula is C15H13F2N3. The van der Waals surface area contributed by atoms with Crippen LogP contribution in [0.15, 0.2) is 48.5 Å². The van der Waals surface area contributed by atoms with Crippen molar-refractivity contribution >= 4 is 17.0 Å². The number of imidazole rings is 1. The number of nitrogen functional groups attached to an aromatic ring is 1. The van der Waals surface area contributed by atoms with Crippen LogP contribution < -0.4 is 5.73 Å². The molecule has 3 nitrogen and oxygen atoms in total. The second-order valence-corrected chi connectivity index (χ2v) is 4.59. The molecule has 0 saturated heterocycles. The van der Waals surface area contributed by atoms with Gasteiger partial charge in [0.1, 0.15) is 0 Å². The fraction of sp³-hybridized carbons (Fsp3) is 0.133. The quantitative estimate of drug-likeness (QED) is 0.792. The molecule has 2 aromatic carbocycles. The van der Waals surface area contributed by atoms with Crippen molar-refractivity contribution in [1.82, 2.24) is 9.55 Å². The number of halogens is 2. The summed E-state index contributed by atoms with van der Waals surface area (Å²) in [5.74, 6) is 0.329. The van der Waals surface area contributed by atoms with E-state index < -0.39 is 6.43 Å². The molecular weight excluding hydrogens is 260 g/mol. The average Bonchev–Trinajstić information content (AvgIpc) is 2.75. The van der Waals surface area contributed by atoms with E-state index in [-0.39, 0.29) is 5.56 Å². The minimum Gasteiger partial charge on any atom is -0.369 e. The van der Waals surface area contributed by atoms with Gasteiger partial charge in [-0.15, -0.1) is 0 Å². The largest absolute Gasteiger partial charge is 0.369 e. The molecule has 0 fully saturated rings. The average molecular weight is 273 g/mol. The Bertz CT molecular complexity index is 735. The smallest absolute Gasteiger partial charge is 0.263 e. The van der Waals surface area contributed by atoms with Crippen LogP contribution in [0, 0.1) is 0 Å². The first-order valence-electron chi connectivity index (χ1n) is 6.23. The van der Waals surface area contributed by atoms with E-state index in [1.807, 2.05) is 34.9 Å². The van der Waals surface area contributed by atoms with Gasteiger partial charge >= 0.3 is 0 Å². The van der Waals surface area contributed by atoms with E-state index in [0.29, 0.717) is 18.0 Å². The van der Waals surface area contributed by atoms with Crippen LogP contribution in [0.3, 0.4) is 0 Å².